The fourth-order valence-electron chi connectivity index (χ4n) is 3.68. The van der Waals surface area contributed by atoms with Gasteiger partial charge in [-0.3, -0.25) is 0 Å². The highest BCUT2D eigenvalue weighted by Gasteiger charge is 2.29. The first-order valence-electron chi connectivity index (χ1n) is 8.18. The third kappa shape index (κ3) is 3.07. The number of carbonyl (C=O) groups excluding carboxylic acids is 1. The molecule has 0 heterocycles. The van der Waals surface area contributed by atoms with Crippen LogP contribution in [0.4, 0.5) is 10.5 Å². The lowest BCUT2D eigenvalue weighted by atomic mass is 9.98. The lowest BCUT2D eigenvalue weighted by Crippen LogP contribution is -2.48. The minimum absolute atomic E-state index is 0.0857. The van der Waals surface area contributed by atoms with Crippen LogP contribution in [0, 0.1) is 0 Å². The van der Waals surface area contributed by atoms with Gasteiger partial charge in [-0.05, 0) is 67.2 Å². The van der Waals surface area contributed by atoms with Crippen LogP contribution in [0.25, 0.3) is 0 Å². The summed E-state index contributed by atoms with van der Waals surface area (Å²) in [6, 6.07) is 1.47. The number of hydrogen-bond acceptors (Lipinski definition) is 4. The Hall–Kier alpha value is -1.60. The van der Waals surface area contributed by atoms with Gasteiger partial charge in [-0.2, -0.15) is 0 Å². The van der Waals surface area contributed by atoms with E-state index in [1.807, 2.05) is 0 Å². The molecule has 1 aromatic rings. The van der Waals surface area contributed by atoms with Crippen LogP contribution in [-0.2, 0) is 35.7 Å². The van der Waals surface area contributed by atoms with Gasteiger partial charge >= 0.3 is 6.03 Å². The Labute approximate surface area is 137 Å². The molecular formula is C16H23N3O3S. The molecule has 0 radical (unpaired) electrons. The zero-order valence-corrected chi connectivity index (χ0v) is 14.2. The molecule has 2 aliphatic rings. The Kier molecular flexibility index (Phi) is 4.33. The molecule has 126 valence electrons. The molecule has 0 aromatic heterocycles. The Balaban J connectivity index is 1.94. The second kappa shape index (κ2) is 6.13. The van der Waals surface area contributed by atoms with Gasteiger partial charge in [0.1, 0.15) is 0 Å². The van der Waals surface area contributed by atoms with Crippen molar-refractivity contribution >= 4 is 21.7 Å². The Morgan fingerprint density at radius 1 is 1.17 bits per heavy atom. The molecule has 0 bridgehead atoms. The van der Waals surface area contributed by atoms with E-state index in [4.69, 9.17) is 5.84 Å². The predicted octanol–water partition coefficient (Wildman–Crippen LogP) is 1.79. The second-order valence-electron chi connectivity index (χ2n) is 6.30. The maximum Gasteiger partial charge on any atom is 0.349 e. The number of hydrogen-bond donors (Lipinski definition) is 2. The molecule has 0 unspecified atom stereocenters. The van der Waals surface area contributed by atoms with Crippen LogP contribution < -0.4 is 15.6 Å². The zero-order valence-electron chi connectivity index (χ0n) is 13.4. The van der Waals surface area contributed by atoms with E-state index in [-0.39, 0.29) is 5.75 Å². The maximum absolute atomic E-state index is 12.3. The number of benzene rings is 1. The molecule has 3 rings (SSSR count). The van der Waals surface area contributed by atoms with Crippen molar-refractivity contribution in [2.75, 3.05) is 10.8 Å². The minimum Gasteiger partial charge on any atom is -0.246 e. The van der Waals surface area contributed by atoms with Crippen molar-refractivity contribution in [3.05, 3.63) is 28.3 Å². The molecule has 2 aliphatic carbocycles. The number of nitrogens with two attached hydrogens (primary N) is 1. The van der Waals surface area contributed by atoms with E-state index < -0.39 is 16.1 Å². The third-order valence-electron chi connectivity index (χ3n) is 4.62. The monoisotopic (exact) mass is 337 g/mol. The number of nitrogens with one attached hydrogen (secondary N) is 1. The summed E-state index contributed by atoms with van der Waals surface area (Å²) >= 11 is 0. The average Bonchev–Trinajstić information content (AvgIpc) is 3.11. The SMILES string of the molecule is CCCS(=O)(=O)NC(=O)N(N)c1c2c(cc3c1CCC3)CCC2. The van der Waals surface area contributed by atoms with Crippen molar-refractivity contribution < 1.29 is 13.2 Å². The largest absolute Gasteiger partial charge is 0.349 e. The van der Waals surface area contributed by atoms with Crippen LogP contribution in [0.2, 0.25) is 0 Å². The van der Waals surface area contributed by atoms with E-state index in [0.29, 0.717) is 6.42 Å². The van der Waals surface area contributed by atoms with Crippen LogP contribution in [0.3, 0.4) is 0 Å². The molecule has 0 saturated carbocycles. The van der Waals surface area contributed by atoms with E-state index in [0.717, 1.165) is 60.3 Å². The first-order chi connectivity index (χ1) is 10.9. The van der Waals surface area contributed by atoms with Crippen LogP contribution in [0.15, 0.2) is 6.07 Å². The van der Waals surface area contributed by atoms with Gasteiger partial charge in [0, 0.05) is 0 Å². The number of carbonyl (C=O) groups is 1. The standard InChI is InChI=1S/C16H23N3O3S/c1-2-9-23(21,22)18-16(20)19(17)15-13-7-3-5-11(13)10-12-6-4-8-14(12)15/h10H,2-9,17H2,1H3,(H,18,20). The molecule has 23 heavy (non-hydrogen) atoms. The Morgan fingerprint density at radius 3 is 2.26 bits per heavy atom. The topological polar surface area (TPSA) is 92.5 Å². The van der Waals surface area contributed by atoms with Gasteiger partial charge < -0.3 is 0 Å². The number of fused-ring (bicyclic) bond motifs is 2. The number of rotatable bonds is 4. The fourth-order valence-corrected chi connectivity index (χ4v) is 4.68. The number of urea groups is 1. The van der Waals surface area contributed by atoms with Crippen molar-refractivity contribution in [3.63, 3.8) is 0 Å². The number of aryl methyl sites for hydroxylation is 2. The van der Waals surface area contributed by atoms with Crippen molar-refractivity contribution in [1.82, 2.24) is 4.72 Å². The minimum atomic E-state index is -3.63. The van der Waals surface area contributed by atoms with Crippen LogP contribution in [0.5, 0.6) is 0 Å². The van der Waals surface area contributed by atoms with Gasteiger partial charge in [-0.15, -0.1) is 0 Å². The fraction of sp³-hybridized carbons (Fsp3) is 0.562. The van der Waals surface area contributed by atoms with Gasteiger partial charge in [-0.1, -0.05) is 13.0 Å². The van der Waals surface area contributed by atoms with E-state index in [9.17, 15) is 13.2 Å². The van der Waals surface area contributed by atoms with Crippen molar-refractivity contribution in [2.45, 2.75) is 51.9 Å². The molecule has 0 fully saturated rings. The van der Waals surface area contributed by atoms with Gasteiger partial charge in [-0.25, -0.2) is 28.8 Å². The first kappa shape index (κ1) is 16.3. The van der Waals surface area contributed by atoms with Crippen LogP contribution in [-0.4, -0.2) is 20.2 Å². The second-order valence-corrected chi connectivity index (χ2v) is 8.15. The van der Waals surface area contributed by atoms with Gasteiger partial charge in [0.25, 0.3) is 0 Å². The van der Waals surface area contributed by atoms with Gasteiger partial charge in [0.15, 0.2) is 0 Å². The number of hydrazine groups is 1. The lowest BCUT2D eigenvalue weighted by Gasteiger charge is -2.23. The summed E-state index contributed by atoms with van der Waals surface area (Å²) in [4.78, 5) is 12.3. The summed E-state index contributed by atoms with van der Waals surface area (Å²) < 4.78 is 25.7. The molecule has 0 atom stereocenters. The van der Waals surface area contributed by atoms with Gasteiger partial charge in [0.05, 0.1) is 11.4 Å². The molecule has 0 aliphatic heterocycles. The smallest absolute Gasteiger partial charge is 0.246 e. The number of amides is 2. The summed E-state index contributed by atoms with van der Waals surface area (Å²) in [5.41, 5.74) is 5.45. The Morgan fingerprint density at radius 2 is 1.74 bits per heavy atom. The molecule has 0 spiro atoms. The van der Waals surface area contributed by atoms with Crippen LogP contribution in [0.1, 0.15) is 48.4 Å². The average molecular weight is 337 g/mol. The summed E-state index contributed by atoms with van der Waals surface area (Å²) in [6.45, 7) is 1.75. The Bertz CT molecular complexity index is 711. The van der Waals surface area contributed by atoms with Crippen molar-refractivity contribution in [1.29, 1.82) is 0 Å². The van der Waals surface area contributed by atoms with E-state index in [1.54, 1.807) is 6.92 Å². The highest BCUT2D eigenvalue weighted by atomic mass is 32.2. The molecule has 2 amide bonds. The summed E-state index contributed by atoms with van der Waals surface area (Å²) in [5, 5.41) is 1.02. The number of sulfonamides is 1. The van der Waals surface area contributed by atoms with E-state index >= 15 is 0 Å². The highest BCUT2D eigenvalue weighted by molar-refractivity contribution is 7.90. The molecule has 7 heteroatoms. The quantitative estimate of drug-likeness (QED) is 0.498. The maximum atomic E-state index is 12.3. The zero-order chi connectivity index (χ0) is 16.6. The molecule has 1 aromatic carbocycles. The number of nitrogens with zero attached hydrogens (tertiary/aromatic N) is 1. The summed E-state index contributed by atoms with van der Waals surface area (Å²) in [7, 11) is -3.63. The molecule has 0 saturated heterocycles. The van der Waals surface area contributed by atoms with Gasteiger partial charge in [0.2, 0.25) is 10.0 Å². The predicted molar refractivity (Wildman–Crippen MR) is 89.8 cm³/mol. The lowest BCUT2D eigenvalue weighted by molar-refractivity contribution is 0.251. The van der Waals surface area contributed by atoms with Crippen molar-refractivity contribution in [2.24, 2.45) is 5.84 Å². The van der Waals surface area contributed by atoms with E-state index in [2.05, 4.69) is 10.8 Å². The molecule has 6 nitrogen and oxygen atoms in total. The highest BCUT2D eigenvalue weighted by Crippen LogP contribution is 2.39. The van der Waals surface area contributed by atoms with E-state index in [1.165, 1.54) is 11.1 Å². The molecule has 3 N–H and O–H groups in total. The third-order valence-corrected chi connectivity index (χ3v) is 6.05. The van der Waals surface area contributed by atoms with Crippen molar-refractivity contribution in [3.8, 4) is 0 Å². The number of anilines is 1. The first-order valence-corrected chi connectivity index (χ1v) is 9.84. The normalized spacial score (nSPS) is 16.1. The summed E-state index contributed by atoms with van der Waals surface area (Å²) in [5.74, 6) is 5.96. The molecular weight excluding hydrogens is 314 g/mol. The van der Waals surface area contributed by atoms with Crippen LogP contribution >= 0.6 is 0 Å². The summed E-state index contributed by atoms with van der Waals surface area (Å²) in [6.07, 6.45) is 6.33.